The molecule has 8 aromatic carbocycles. The van der Waals surface area contributed by atoms with Crippen LogP contribution in [0, 0.1) is 0 Å². The van der Waals surface area contributed by atoms with E-state index < -0.39 is 0 Å². The Morgan fingerprint density at radius 2 is 1.04 bits per heavy atom. The van der Waals surface area contributed by atoms with Crippen LogP contribution in [-0.2, 0) is 0 Å². The lowest BCUT2D eigenvalue weighted by atomic mass is 10.0. The summed E-state index contributed by atoms with van der Waals surface area (Å²) in [5.74, 6) is 0.706. The molecule has 1 aliphatic rings. The molecule has 0 spiro atoms. The lowest BCUT2D eigenvalue weighted by molar-refractivity contribution is 1.11. The Hall–Kier alpha value is -6.40. The largest absolute Gasteiger partial charge is 0.308 e. The lowest BCUT2D eigenvalue weighted by Crippen LogP contribution is -1.98. The maximum atomic E-state index is 5.09. The number of hydrogen-bond acceptors (Lipinski definition) is 4. The van der Waals surface area contributed by atoms with Crippen molar-refractivity contribution in [2.24, 2.45) is 0 Å². The summed E-state index contributed by atoms with van der Waals surface area (Å²) < 4.78 is 2.48. The highest BCUT2D eigenvalue weighted by Gasteiger charge is 2.25. The minimum absolute atomic E-state index is 0.706. The van der Waals surface area contributed by atoms with Gasteiger partial charge in [-0.3, -0.25) is 0 Å². The average Bonchev–Trinajstić information content (AvgIpc) is 3.62. The Morgan fingerprint density at radius 1 is 0.400 bits per heavy atom. The highest BCUT2D eigenvalue weighted by Crippen LogP contribution is 2.53. The van der Waals surface area contributed by atoms with E-state index >= 15 is 0 Å². The van der Waals surface area contributed by atoms with Gasteiger partial charge in [0.2, 0.25) is 0 Å². The summed E-state index contributed by atoms with van der Waals surface area (Å²) in [7, 11) is 0. The zero-order chi connectivity index (χ0) is 36.3. The highest BCUT2D eigenvalue weighted by atomic mass is 32.2. The summed E-state index contributed by atoms with van der Waals surface area (Å²) in [4.78, 5) is 15.4. The topological polar surface area (TPSA) is 30.7 Å². The van der Waals surface area contributed by atoms with Crippen LogP contribution >= 0.6 is 23.5 Å². The van der Waals surface area contributed by atoms with Gasteiger partial charge in [-0.15, -0.1) is 0 Å². The quantitative estimate of drug-likeness (QED) is 0.176. The Bertz CT molecular complexity index is 3020. The fourth-order valence-electron chi connectivity index (χ4n) is 7.85. The van der Waals surface area contributed by atoms with Crippen molar-refractivity contribution < 1.29 is 0 Å². The number of benzene rings is 8. The second kappa shape index (κ2) is 13.2. The number of aromatic nitrogens is 3. The molecular weight excluding hydrogens is 707 g/mol. The van der Waals surface area contributed by atoms with Crippen LogP contribution in [0.2, 0.25) is 0 Å². The molecule has 0 N–H and O–H groups in total. The molecule has 0 saturated heterocycles. The van der Waals surface area contributed by atoms with Gasteiger partial charge in [0.1, 0.15) is 0 Å². The number of fused-ring (bicyclic) bond motifs is 8. The van der Waals surface area contributed by atoms with E-state index in [-0.39, 0.29) is 0 Å². The van der Waals surface area contributed by atoms with Gasteiger partial charge in [0.25, 0.3) is 0 Å². The summed E-state index contributed by atoms with van der Waals surface area (Å²) in [6.07, 6.45) is 0. The number of hydrogen-bond donors (Lipinski definition) is 0. The molecule has 1 aliphatic heterocycles. The van der Waals surface area contributed by atoms with Gasteiger partial charge in [-0.2, -0.15) is 0 Å². The van der Waals surface area contributed by atoms with Crippen LogP contribution in [0.5, 0.6) is 0 Å². The summed E-state index contributed by atoms with van der Waals surface area (Å²) in [5.41, 5.74) is 10.8. The first-order chi connectivity index (χ1) is 27.2. The Kier molecular flexibility index (Phi) is 7.68. The molecule has 0 fully saturated rings. The van der Waals surface area contributed by atoms with E-state index in [4.69, 9.17) is 9.97 Å². The molecule has 258 valence electrons. The molecule has 5 heteroatoms. The number of rotatable bonds is 5. The van der Waals surface area contributed by atoms with Gasteiger partial charge in [-0.1, -0.05) is 163 Å². The van der Waals surface area contributed by atoms with Gasteiger partial charge in [0.15, 0.2) is 5.82 Å². The third kappa shape index (κ3) is 5.55. The molecule has 0 bridgehead atoms. The van der Waals surface area contributed by atoms with E-state index in [1.807, 2.05) is 35.7 Å². The Balaban J connectivity index is 1.04. The second-order valence-corrected chi connectivity index (χ2v) is 15.9. The smallest absolute Gasteiger partial charge is 0.160 e. The maximum absolute atomic E-state index is 5.09. The van der Waals surface area contributed by atoms with Crippen LogP contribution in [0.4, 0.5) is 0 Å². The average molecular weight is 738 g/mol. The fourth-order valence-corrected chi connectivity index (χ4v) is 10.2. The number of nitrogens with zero attached hydrogens (tertiary/aromatic N) is 3. The fraction of sp³-hybridized carbons (Fsp3) is 0. The van der Waals surface area contributed by atoms with Crippen LogP contribution in [-0.4, -0.2) is 14.5 Å². The maximum Gasteiger partial charge on any atom is 0.160 e. The highest BCUT2D eigenvalue weighted by molar-refractivity contribution is 8.05. The molecule has 10 aromatic rings. The monoisotopic (exact) mass is 737 g/mol. The van der Waals surface area contributed by atoms with E-state index in [9.17, 15) is 0 Å². The molecule has 3 heterocycles. The molecule has 2 aromatic heterocycles. The van der Waals surface area contributed by atoms with Crippen LogP contribution in [0.15, 0.2) is 208 Å². The van der Waals surface area contributed by atoms with Gasteiger partial charge in [-0.25, -0.2) is 9.97 Å². The molecule has 0 amide bonds. The van der Waals surface area contributed by atoms with E-state index in [2.05, 4.69) is 180 Å². The van der Waals surface area contributed by atoms with Gasteiger partial charge >= 0.3 is 0 Å². The van der Waals surface area contributed by atoms with Crippen molar-refractivity contribution in [3.63, 3.8) is 0 Å². The normalized spacial score (nSPS) is 12.2. The molecule has 0 saturated carbocycles. The molecule has 55 heavy (non-hydrogen) atoms. The van der Waals surface area contributed by atoms with Crippen molar-refractivity contribution in [2.45, 2.75) is 19.6 Å². The zero-order valence-corrected chi connectivity index (χ0v) is 31.2. The summed E-state index contributed by atoms with van der Waals surface area (Å²) in [5, 5.41) is 5.11. The first-order valence-corrected chi connectivity index (χ1v) is 20.0. The predicted octanol–water partition coefficient (Wildman–Crippen LogP) is 14.0. The van der Waals surface area contributed by atoms with Crippen molar-refractivity contribution in [3.05, 3.63) is 188 Å². The third-order valence-electron chi connectivity index (χ3n) is 10.5. The summed E-state index contributed by atoms with van der Waals surface area (Å²) in [6.45, 7) is 0. The van der Waals surface area contributed by atoms with Gasteiger partial charge < -0.3 is 4.57 Å². The van der Waals surface area contributed by atoms with Gasteiger partial charge in [-0.05, 0) is 70.4 Å². The molecule has 3 nitrogen and oxygen atoms in total. The second-order valence-electron chi connectivity index (χ2n) is 13.8. The SMILES string of the molecule is c1ccc(-c2cc(-c3ccccc3)nc(-c3cccc(-c4ccc(-n5c6ccc7ccccc7c6c6ccc7c(c65)Sc5ccccc5S7)cc4)c3)n2)cc1. The lowest BCUT2D eigenvalue weighted by Gasteiger charge is -2.20. The third-order valence-corrected chi connectivity index (χ3v) is 13.0. The van der Waals surface area contributed by atoms with E-state index in [1.54, 1.807) is 0 Å². The minimum Gasteiger partial charge on any atom is -0.308 e. The van der Waals surface area contributed by atoms with E-state index in [1.165, 1.54) is 52.2 Å². The van der Waals surface area contributed by atoms with Crippen LogP contribution in [0.1, 0.15) is 0 Å². The molecular formula is C50H31N3S2. The molecule has 0 atom stereocenters. The van der Waals surface area contributed by atoms with Crippen LogP contribution in [0.25, 0.3) is 83.3 Å². The van der Waals surface area contributed by atoms with Gasteiger partial charge in [0.05, 0.1) is 27.3 Å². The van der Waals surface area contributed by atoms with Crippen molar-refractivity contribution in [1.29, 1.82) is 0 Å². The standard InChI is InChI=1S/C50H31N3S2/c1-3-13-34(14-4-1)41-31-42(35-15-5-2-6-16-35)52-50(51-41)37-18-11-17-36(30-37)32-22-25-38(26-23-32)53-43-28-24-33-12-7-8-19-39(33)47(43)40-27-29-46-49(48(40)53)55-45-21-10-9-20-44(45)54-46/h1-31H. The van der Waals surface area contributed by atoms with E-state index in [0.717, 1.165) is 44.9 Å². The van der Waals surface area contributed by atoms with E-state index in [0.29, 0.717) is 5.82 Å². The summed E-state index contributed by atoms with van der Waals surface area (Å²) in [6, 6.07) is 67.1. The van der Waals surface area contributed by atoms with Crippen molar-refractivity contribution in [2.75, 3.05) is 0 Å². The van der Waals surface area contributed by atoms with Crippen LogP contribution in [0.3, 0.4) is 0 Å². The minimum atomic E-state index is 0.706. The molecule has 11 rings (SSSR count). The van der Waals surface area contributed by atoms with Gasteiger partial charge in [0, 0.05) is 47.8 Å². The van der Waals surface area contributed by atoms with Crippen molar-refractivity contribution in [1.82, 2.24) is 14.5 Å². The molecule has 0 unspecified atom stereocenters. The van der Waals surface area contributed by atoms with Crippen molar-refractivity contribution >= 4 is 56.1 Å². The Labute approximate surface area is 327 Å². The van der Waals surface area contributed by atoms with Crippen LogP contribution < -0.4 is 0 Å². The Morgan fingerprint density at radius 3 is 1.78 bits per heavy atom. The predicted molar refractivity (Wildman–Crippen MR) is 230 cm³/mol. The molecule has 0 aliphatic carbocycles. The first kappa shape index (κ1) is 32.1. The zero-order valence-electron chi connectivity index (χ0n) is 29.6. The molecule has 0 radical (unpaired) electrons. The first-order valence-electron chi connectivity index (χ1n) is 18.4. The summed E-state index contributed by atoms with van der Waals surface area (Å²) >= 11 is 3.75. The van der Waals surface area contributed by atoms with Crippen molar-refractivity contribution in [3.8, 4) is 50.7 Å².